The van der Waals surface area contributed by atoms with E-state index in [0.717, 1.165) is 25.7 Å². The molecule has 5 nitrogen and oxygen atoms in total. The number of rotatable bonds is 6. The predicted octanol–water partition coefficient (Wildman–Crippen LogP) is 7.15. The van der Waals surface area contributed by atoms with Crippen molar-refractivity contribution in [1.29, 1.82) is 0 Å². The third kappa shape index (κ3) is 6.63. The zero-order valence-corrected chi connectivity index (χ0v) is 24.4. The maximum Gasteiger partial charge on any atom is 0.0793 e. The van der Waals surface area contributed by atoms with Crippen molar-refractivity contribution >= 4 is 0 Å². The van der Waals surface area contributed by atoms with Gasteiger partial charge in [0, 0.05) is 34.2 Å². The molecule has 2 heterocycles. The fourth-order valence-electron chi connectivity index (χ4n) is 8.31. The van der Waals surface area contributed by atoms with Crippen LogP contribution in [0.5, 0.6) is 0 Å². The monoisotopic (exact) mass is 491 g/mol. The standard InChI is InChI=1S/C30H57N3O2/c1-27(2)19-23(20-28(3,4)32(27)34-25-15-11-9-12-16-25)31-24-21-29(5,6)33(30(7,8)22-24)35-26-17-13-10-14-18-26/h23-26,31H,9-22H2,1-8H3. The number of hydrogen-bond acceptors (Lipinski definition) is 5. The smallest absolute Gasteiger partial charge is 0.0793 e. The molecule has 1 N–H and O–H groups in total. The van der Waals surface area contributed by atoms with Gasteiger partial charge in [0.05, 0.1) is 12.2 Å². The molecular weight excluding hydrogens is 434 g/mol. The summed E-state index contributed by atoms with van der Waals surface area (Å²) in [6.07, 6.45) is 18.2. The molecule has 2 aliphatic carbocycles. The van der Waals surface area contributed by atoms with Gasteiger partial charge in [-0.05, 0) is 107 Å². The second-order valence-corrected chi connectivity index (χ2v) is 14.9. The van der Waals surface area contributed by atoms with E-state index >= 15 is 0 Å². The molecule has 2 saturated heterocycles. The fraction of sp³-hybridized carbons (Fsp3) is 1.00. The zero-order chi connectivity index (χ0) is 25.5. The van der Waals surface area contributed by atoms with E-state index in [4.69, 9.17) is 9.68 Å². The molecule has 0 atom stereocenters. The number of nitrogens with one attached hydrogen (secondary N) is 1. The van der Waals surface area contributed by atoms with Crippen molar-refractivity contribution in [2.45, 2.75) is 192 Å². The van der Waals surface area contributed by atoms with E-state index in [2.05, 4.69) is 70.8 Å². The predicted molar refractivity (Wildman–Crippen MR) is 145 cm³/mol. The molecule has 4 rings (SSSR count). The van der Waals surface area contributed by atoms with Gasteiger partial charge < -0.3 is 5.32 Å². The van der Waals surface area contributed by atoms with Gasteiger partial charge in [-0.15, -0.1) is 0 Å². The van der Waals surface area contributed by atoms with E-state index in [-0.39, 0.29) is 22.2 Å². The van der Waals surface area contributed by atoms with Crippen LogP contribution in [0.25, 0.3) is 0 Å². The molecule has 0 aromatic carbocycles. The minimum absolute atomic E-state index is 0.0205. The third-order valence-electron chi connectivity index (χ3n) is 9.27. The first-order chi connectivity index (χ1) is 16.3. The van der Waals surface area contributed by atoms with Crippen LogP contribution in [-0.2, 0) is 9.68 Å². The molecule has 204 valence electrons. The topological polar surface area (TPSA) is 37.0 Å². The van der Waals surface area contributed by atoms with E-state index in [0.29, 0.717) is 24.3 Å². The molecule has 0 spiro atoms. The number of hydrogen-bond donors (Lipinski definition) is 1. The lowest BCUT2D eigenvalue weighted by Crippen LogP contribution is -2.68. The highest BCUT2D eigenvalue weighted by Crippen LogP contribution is 2.43. The van der Waals surface area contributed by atoms with Crippen LogP contribution in [0.1, 0.15) is 145 Å². The van der Waals surface area contributed by atoms with Crippen LogP contribution in [0.4, 0.5) is 0 Å². The minimum Gasteiger partial charge on any atom is -0.311 e. The van der Waals surface area contributed by atoms with Gasteiger partial charge in [0.15, 0.2) is 0 Å². The molecule has 0 amide bonds. The van der Waals surface area contributed by atoms with E-state index < -0.39 is 0 Å². The molecule has 4 fully saturated rings. The Bertz CT molecular complexity index is 598. The average Bonchev–Trinajstić information content (AvgIpc) is 2.74. The summed E-state index contributed by atoms with van der Waals surface area (Å²) in [6, 6.07) is 1.02. The Hall–Kier alpha value is -0.200. The van der Waals surface area contributed by atoms with Gasteiger partial charge in [-0.3, -0.25) is 9.68 Å². The van der Waals surface area contributed by atoms with Gasteiger partial charge >= 0.3 is 0 Å². The Morgan fingerprint density at radius 3 is 1.06 bits per heavy atom. The van der Waals surface area contributed by atoms with Gasteiger partial charge in [0.1, 0.15) is 0 Å². The molecule has 0 aromatic heterocycles. The molecule has 2 saturated carbocycles. The number of piperidine rings is 2. The lowest BCUT2D eigenvalue weighted by atomic mass is 9.76. The lowest BCUT2D eigenvalue weighted by molar-refractivity contribution is -0.315. The maximum absolute atomic E-state index is 6.74. The summed E-state index contributed by atoms with van der Waals surface area (Å²) < 4.78 is 0. The normalized spacial score (nSPS) is 31.5. The SMILES string of the molecule is CC1(C)CC(NC2CC(C)(C)N(OC3CCCCC3)C(C)(C)C2)CC(C)(C)N1OC1CCCCC1. The summed E-state index contributed by atoms with van der Waals surface area (Å²) in [6.45, 7) is 19.1. The summed E-state index contributed by atoms with van der Waals surface area (Å²) in [7, 11) is 0. The molecule has 35 heavy (non-hydrogen) atoms. The Labute approximate surface area is 217 Å². The van der Waals surface area contributed by atoms with Crippen molar-refractivity contribution < 1.29 is 9.68 Å². The highest BCUT2D eigenvalue weighted by molar-refractivity contribution is 5.04. The lowest BCUT2D eigenvalue weighted by Gasteiger charge is -2.58. The van der Waals surface area contributed by atoms with Crippen LogP contribution in [0.2, 0.25) is 0 Å². The molecule has 0 aromatic rings. The van der Waals surface area contributed by atoms with E-state index in [9.17, 15) is 0 Å². The van der Waals surface area contributed by atoms with Crippen LogP contribution >= 0.6 is 0 Å². The van der Waals surface area contributed by atoms with Crippen LogP contribution in [-0.4, -0.2) is 56.6 Å². The van der Waals surface area contributed by atoms with Crippen LogP contribution in [0.15, 0.2) is 0 Å². The second-order valence-electron chi connectivity index (χ2n) is 14.9. The van der Waals surface area contributed by atoms with Gasteiger partial charge in [-0.1, -0.05) is 38.5 Å². The van der Waals surface area contributed by atoms with Crippen molar-refractivity contribution in [3.63, 3.8) is 0 Å². The van der Waals surface area contributed by atoms with Crippen molar-refractivity contribution in [2.24, 2.45) is 0 Å². The Morgan fingerprint density at radius 1 is 0.486 bits per heavy atom. The molecule has 0 radical (unpaired) electrons. The third-order valence-corrected chi connectivity index (χ3v) is 9.27. The fourth-order valence-corrected chi connectivity index (χ4v) is 8.31. The molecule has 5 heteroatoms. The van der Waals surface area contributed by atoms with Crippen molar-refractivity contribution in [1.82, 2.24) is 15.4 Å². The molecule has 4 aliphatic rings. The summed E-state index contributed by atoms with van der Waals surface area (Å²) in [5.41, 5.74) is 0.0821. The van der Waals surface area contributed by atoms with Crippen molar-refractivity contribution in [2.75, 3.05) is 0 Å². The molecule has 0 unspecified atom stereocenters. The van der Waals surface area contributed by atoms with Crippen molar-refractivity contribution in [3.05, 3.63) is 0 Å². The quantitative estimate of drug-likeness (QED) is 0.427. The largest absolute Gasteiger partial charge is 0.311 e. The highest BCUT2D eigenvalue weighted by Gasteiger charge is 2.51. The van der Waals surface area contributed by atoms with Gasteiger partial charge in [0.2, 0.25) is 0 Å². The maximum atomic E-state index is 6.74. The van der Waals surface area contributed by atoms with E-state index in [1.165, 1.54) is 64.2 Å². The highest BCUT2D eigenvalue weighted by atomic mass is 16.7. The second kappa shape index (κ2) is 10.5. The first-order valence-corrected chi connectivity index (χ1v) is 15.0. The summed E-state index contributed by atoms with van der Waals surface area (Å²) in [5.74, 6) is 0. The van der Waals surface area contributed by atoms with E-state index in [1.54, 1.807) is 0 Å². The van der Waals surface area contributed by atoms with Gasteiger partial charge in [-0.25, -0.2) is 0 Å². The van der Waals surface area contributed by atoms with E-state index in [1.807, 2.05) is 0 Å². The molecule has 2 aliphatic heterocycles. The number of nitrogens with zero attached hydrogens (tertiary/aromatic N) is 2. The van der Waals surface area contributed by atoms with Gasteiger partial charge in [-0.2, -0.15) is 10.1 Å². The van der Waals surface area contributed by atoms with Crippen LogP contribution < -0.4 is 5.32 Å². The Morgan fingerprint density at radius 2 is 0.771 bits per heavy atom. The van der Waals surface area contributed by atoms with Gasteiger partial charge in [0.25, 0.3) is 0 Å². The summed E-state index contributed by atoms with van der Waals surface area (Å²) in [5, 5.41) is 8.95. The van der Waals surface area contributed by atoms with Crippen LogP contribution in [0, 0.1) is 0 Å². The molecular formula is C30H57N3O2. The van der Waals surface area contributed by atoms with Crippen molar-refractivity contribution in [3.8, 4) is 0 Å². The first-order valence-electron chi connectivity index (χ1n) is 15.0. The first kappa shape index (κ1) is 27.8. The average molecular weight is 492 g/mol. The van der Waals surface area contributed by atoms with Crippen LogP contribution in [0.3, 0.4) is 0 Å². The Balaban J connectivity index is 1.39. The molecule has 0 bridgehead atoms. The Kier molecular flexibility index (Phi) is 8.36. The minimum atomic E-state index is 0.0205. The zero-order valence-electron chi connectivity index (χ0n) is 24.4. The summed E-state index contributed by atoms with van der Waals surface area (Å²) >= 11 is 0. The number of hydroxylamine groups is 4. The summed E-state index contributed by atoms with van der Waals surface area (Å²) in [4.78, 5) is 13.5.